The number of aromatic nitrogens is 2. The van der Waals surface area contributed by atoms with Crippen molar-refractivity contribution < 1.29 is 0 Å². The van der Waals surface area contributed by atoms with Crippen LogP contribution in [0.15, 0.2) is 30.3 Å². The Balaban J connectivity index is 2.35. The summed E-state index contributed by atoms with van der Waals surface area (Å²) >= 11 is 0. The van der Waals surface area contributed by atoms with E-state index in [0.717, 1.165) is 35.7 Å². The summed E-state index contributed by atoms with van der Waals surface area (Å²) < 4.78 is 0. The largest absolute Gasteiger partial charge is 0.351 e. The average molecular weight is 270 g/mol. The van der Waals surface area contributed by atoms with Crippen molar-refractivity contribution in [3.05, 3.63) is 52.7 Å². The normalized spacial score (nSPS) is 10.6. The van der Waals surface area contributed by atoms with Crippen molar-refractivity contribution >= 4 is 5.82 Å². The van der Waals surface area contributed by atoms with Crippen molar-refractivity contribution in [1.82, 2.24) is 10.2 Å². The van der Waals surface area contributed by atoms with Crippen LogP contribution in [0.1, 0.15) is 29.3 Å². The smallest absolute Gasteiger partial charge is 0.156 e. The first-order valence-corrected chi connectivity index (χ1v) is 6.99. The Morgan fingerprint density at radius 1 is 1.10 bits per heavy atom. The number of hydrogen-bond acceptors (Lipinski definition) is 4. The van der Waals surface area contributed by atoms with Gasteiger partial charge in [-0.25, -0.2) is 0 Å². The Kier molecular flexibility index (Phi) is 4.69. The van der Waals surface area contributed by atoms with E-state index < -0.39 is 0 Å². The highest BCUT2D eigenvalue weighted by Gasteiger charge is 2.15. The molecule has 1 heterocycles. The minimum atomic E-state index is 0.489. The van der Waals surface area contributed by atoms with Crippen LogP contribution in [-0.2, 0) is 13.1 Å². The second-order valence-electron chi connectivity index (χ2n) is 4.92. The first kappa shape index (κ1) is 14.5. The van der Waals surface area contributed by atoms with E-state index >= 15 is 0 Å². The van der Waals surface area contributed by atoms with Crippen LogP contribution in [0.4, 0.5) is 5.82 Å². The molecule has 0 fully saturated rings. The van der Waals surface area contributed by atoms with Crippen LogP contribution in [0.3, 0.4) is 0 Å². The summed E-state index contributed by atoms with van der Waals surface area (Å²) in [5.74, 6) is 0.905. The molecule has 2 rings (SSSR count). The first-order chi connectivity index (χ1) is 9.67. The highest BCUT2D eigenvalue weighted by atomic mass is 15.3. The van der Waals surface area contributed by atoms with E-state index in [1.165, 1.54) is 5.56 Å². The fourth-order valence-corrected chi connectivity index (χ4v) is 2.28. The van der Waals surface area contributed by atoms with Gasteiger partial charge >= 0.3 is 0 Å². The Morgan fingerprint density at radius 3 is 2.40 bits per heavy atom. The molecular formula is C16H22N4. The molecule has 0 bridgehead atoms. The summed E-state index contributed by atoms with van der Waals surface area (Å²) in [5.41, 5.74) is 10.4. The molecule has 0 radical (unpaired) electrons. The lowest BCUT2D eigenvalue weighted by atomic mass is 10.1. The van der Waals surface area contributed by atoms with Gasteiger partial charge in [-0.1, -0.05) is 30.3 Å². The molecule has 2 N–H and O–H groups in total. The zero-order valence-corrected chi connectivity index (χ0v) is 12.4. The lowest BCUT2D eigenvalue weighted by molar-refractivity contribution is 0.772. The maximum absolute atomic E-state index is 5.91. The molecule has 4 nitrogen and oxygen atoms in total. The lowest BCUT2D eigenvalue weighted by Gasteiger charge is -2.25. The first-order valence-electron chi connectivity index (χ1n) is 6.99. The van der Waals surface area contributed by atoms with E-state index in [0.29, 0.717) is 6.54 Å². The van der Waals surface area contributed by atoms with E-state index in [-0.39, 0.29) is 0 Å². The molecule has 20 heavy (non-hydrogen) atoms. The molecule has 0 spiro atoms. The molecule has 0 atom stereocenters. The quantitative estimate of drug-likeness (QED) is 0.907. The van der Waals surface area contributed by atoms with Gasteiger partial charge in [-0.3, -0.25) is 0 Å². The van der Waals surface area contributed by atoms with Gasteiger partial charge in [-0.2, -0.15) is 5.10 Å². The number of nitrogens with zero attached hydrogens (tertiary/aromatic N) is 3. The Labute approximate surface area is 120 Å². The van der Waals surface area contributed by atoms with Crippen LogP contribution in [0, 0.1) is 13.8 Å². The van der Waals surface area contributed by atoms with Gasteiger partial charge in [-0.15, -0.1) is 5.10 Å². The van der Waals surface area contributed by atoms with Crippen LogP contribution < -0.4 is 10.6 Å². The Morgan fingerprint density at radius 2 is 1.80 bits per heavy atom. The van der Waals surface area contributed by atoms with E-state index in [2.05, 4.69) is 53.2 Å². The van der Waals surface area contributed by atoms with Crippen molar-refractivity contribution in [1.29, 1.82) is 0 Å². The number of rotatable bonds is 5. The molecule has 2 aromatic rings. The number of nitrogens with two attached hydrogens (primary N) is 1. The zero-order valence-electron chi connectivity index (χ0n) is 12.4. The summed E-state index contributed by atoms with van der Waals surface area (Å²) in [4.78, 5) is 2.22. The molecule has 0 unspecified atom stereocenters. The summed E-state index contributed by atoms with van der Waals surface area (Å²) in [5, 5.41) is 8.62. The minimum Gasteiger partial charge on any atom is -0.351 e. The number of anilines is 1. The van der Waals surface area contributed by atoms with E-state index in [9.17, 15) is 0 Å². The van der Waals surface area contributed by atoms with E-state index in [1.54, 1.807) is 0 Å². The highest BCUT2D eigenvalue weighted by Crippen LogP contribution is 2.23. The number of benzene rings is 1. The summed E-state index contributed by atoms with van der Waals surface area (Å²) in [6.07, 6.45) is 0. The SMILES string of the molecule is CCN(Cc1ccccc1)c1nnc(C)c(C)c1CN. The molecule has 4 heteroatoms. The van der Waals surface area contributed by atoms with Gasteiger partial charge in [-0.05, 0) is 31.9 Å². The topological polar surface area (TPSA) is 55.0 Å². The lowest BCUT2D eigenvalue weighted by Crippen LogP contribution is -2.26. The second-order valence-corrected chi connectivity index (χ2v) is 4.92. The van der Waals surface area contributed by atoms with Crippen LogP contribution in [0.5, 0.6) is 0 Å². The van der Waals surface area contributed by atoms with Crippen LogP contribution >= 0.6 is 0 Å². The van der Waals surface area contributed by atoms with Gasteiger partial charge in [0.15, 0.2) is 5.82 Å². The highest BCUT2D eigenvalue weighted by molar-refractivity contribution is 5.51. The summed E-state index contributed by atoms with van der Waals surface area (Å²) in [7, 11) is 0. The summed E-state index contributed by atoms with van der Waals surface area (Å²) in [6, 6.07) is 10.4. The molecule has 1 aromatic carbocycles. The molecule has 0 saturated heterocycles. The molecular weight excluding hydrogens is 248 g/mol. The predicted molar refractivity (Wildman–Crippen MR) is 82.6 cm³/mol. The minimum absolute atomic E-state index is 0.489. The number of hydrogen-bond donors (Lipinski definition) is 1. The monoisotopic (exact) mass is 270 g/mol. The third-order valence-corrected chi connectivity index (χ3v) is 3.66. The van der Waals surface area contributed by atoms with Crippen molar-refractivity contribution in [2.75, 3.05) is 11.4 Å². The van der Waals surface area contributed by atoms with Crippen LogP contribution in [-0.4, -0.2) is 16.7 Å². The Bertz CT molecular complexity index is 566. The second kappa shape index (κ2) is 6.48. The molecule has 0 aliphatic carbocycles. The van der Waals surface area contributed by atoms with E-state index in [4.69, 9.17) is 5.73 Å². The third-order valence-electron chi connectivity index (χ3n) is 3.66. The van der Waals surface area contributed by atoms with Gasteiger partial charge in [0.05, 0.1) is 5.69 Å². The van der Waals surface area contributed by atoms with Gasteiger partial charge in [0.25, 0.3) is 0 Å². The van der Waals surface area contributed by atoms with Gasteiger partial charge in [0, 0.05) is 25.2 Å². The van der Waals surface area contributed by atoms with Crippen LogP contribution in [0.25, 0.3) is 0 Å². The van der Waals surface area contributed by atoms with Gasteiger partial charge in [0.1, 0.15) is 0 Å². The molecule has 0 aliphatic rings. The van der Waals surface area contributed by atoms with Crippen molar-refractivity contribution in [2.45, 2.75) is 33.9 Å². The van der Waals surface area contributed by atoms with Gasteiger partial charge < -0.3 is 10.6 Å². The summed E-state index contributed by atoms with van der Waals surface area (Å²) in [6.45, 7) is 8.34. The standard InChI is InChI=1S/C16H22N4/c1-4-20(11-14-8-6-5-7-9-14)16-15(10-17)12(2)13(3)18-19-16/h5-9H,4,10-11,17H2,1-3H3. The maximum Gasteiger partial charge on any atom is 0.156 e. The molecule has 106 valence electrons. The average Bonchev–Trinajstić information content (AvgIpc) is 2.48. The van der Waals surface area contributed by atoms with Crippen molar-refractivity contribution in [3.8, 4) is 0 Å². The van der Waals surface area contributed by atoms with Crippen molar-refractivity contribution in [3.63, 3.8) is 0 Å². The predicted octanol–water partition coefficient (Wildman–Crippen LogP) is 2.58. The Hall–Kier alpha value is -1.94. The van der Waals surface area contributed by atoms with Crippen LogP contribution in [0.2, 0.25) is 0 Å². The van der Waals surface area contributed by atoms with Gasteiger partial charge in [0.2, 0.25) is 0 Å². The third kappa shape index (κ3) is 2.96. The fraction of sp³-hybridized carbons (Fsp3) is 0.375. The molecule has 0 amide bonds. The number of aryl methyl sites for hydroxylation is 1. The molecule has 0 aliphatic heterocycles. The molecule has 1 aromatic heterocycles. The fourth-order valence-electron chi connectivity index (χ4n) is 2.28. The zero-order chi connectivity index (χ0) is 14.5. The van der Waals surface area contributed by atoms with Crippen molar-refractivity contribution in [2.24, 2.45) is 5.73 Å². The van der Waals surface area contributed by atoms with E-state index in [1.807, 2.05) is 13.0 Å². The maximum atomic E-state index is 5.91. The molecule has 0 saturated carbocycles.